The molecular weight excluding hydrogens is 537 g/mol. The van der Waals surface area contributed by atoms with Gasteiger partial charge in [-0.05, 0) is 0 Å². The number of hydrogen-bond donors (Lipinski definition) is 3. The van der Waals surface area contributed by atoms with Crippen LogP contribution in [0.5, 0.6) is 0 Å². The van der Waals surface area contributed by atoms with Crippen molar-refractivity contribution in [2.24, 2.45) is 0 Å². The predicted octanol–water partition coefficient (Wildman–Crippen LogP) is 2.06. The third-order valence-corrected chi connectivity index (χ3v) is 7.77. The Morgan fingerprint density at radius 1 is 1.20 bits per heavy atom. The second-order valence-corrected chi connectivity index (χ2v) is 12.0. The van der Waals surface area contributed by atoms with E-state index < -0.39 is 51.0 Å². The number of carboxylic acid groups (broad SMARTS) is 1. The first kappa shape index (κ1) is 29.2. The molecule has 1 saturated heterocycles. The van der Waals surface area contributed by atoms with Crippen LogP contribution in [0.2, 0.25) is 0 Å². The number of carbonyl (C=O) groups excluding carboxylic acids is 3. The van der Waals surface area contributed by atoms with Crippen molar-refractivity contribution in [2.75, 3.05) is 18.6 Å². The Kier molecular flexibility index (Phi) is 11.6. The van der Waals surface area contributed by atoms with Gasteiger partial charge in [0, 0.05) is 0 Å². The van der Waals surface area contributed by atoms with Crippen LogP contribution in [0.15, 0.2) is 30.3 Å². The molecule has 1 aromatic carbocycles. The fraction of sp³-hybridized carbons (Fsp3) is 0.583. The van der Waals surface area contributed by atoms with Gasteiger partial charge in [0.15, 0.2) is 0 Å². The van der Waals surface area contributed by atoms with Crippen molar-refractivity contribution in [1.82, 2.24) is 14.5 Å². The molecule has 9 nitrogen and oxygen atoms in total. The van der Waals surface area contributed by atoms with Crippen molar-refractivity contribution in [3.63, 3.8) is 0 Å². The maximum atomic E-state index is 13.5. The molecule has 2 rings (SSSR count). The molecule has 1 aliphatic heterocycles. The number of carboxylic acids is 1. The van der Waals surface area contributed by atoms with E-state index in [9.17, 15) is 24.3 Å². The topological polar surface area (TPSA) is 125 Å². The van der Waals surface area contributed by atoms with Crippen molar-refractivity contribution in [1.29, 1.82) is 0 Å². The first-order valence-electron chi connectivity index (χ1n) is 11.5. The van der Waals surface area contributed by atoms with E-state index in [4.69, 9.17) is 4.74 Å². The number of aliphatic carboxylic acids is 1. The molecule has 35 heavy (non-hydrogen) atoms. The molecule has 0 unspecified atom stereocenters. The van der Waals surface area contributed by atoms with Crippen molar-refractivity contribution in [3.05, 3.63) is 35.9 Å². The molecule has 3 atom stereocenters. The van der Waals surface area contributed by atoms with Crippen LogP contribution in [0.25, 0.3) is 0 Å². The molecule has 0 aromatic heterocycles. The van der Waals surface area contributed by atoms with Crippen LogP contribution in [-0.2, 0) is 25.5 Å². The molecule has 0 bridgehead atoms. The summed E-state index contributed by atoms with van der Waals surface area (Å²) < 4.78 is 8.08. The SMILES string of the molecule is CSCC[C@H](N[Se]C(=O)[C@@H]1CCCN1C(=O)[C@H](Cc1ccccc1)NC(=O)OC(C)(C)C)C(=O)O. The number of ether oxygens (including phenoxy) is 1. The van der Waals surface area contributed by atoms with Crippen LogP contribution in [0.3, 0.4) is 0 Å². The summed E-state index contributed by atoms with van der Waals surface area (Å²) in [6.45, 7) is 5.64. The van der Waals surface area contributed by atoms with Gasteiger partial charge in [-0.1, -0.05) is 0 Å². The van der Waals surface area contributed by atoms with E-state index in [0.717, 1.165) is 5.56 Å². The Morgan fingerprint density at radius 3 is 2.49 bits per heavy atom. The van der Waals surface area contributed by atoms with E-state index in [-0.39, 0.29) is 17.0 Å². The number of alkyl carbamates (subject to hydrolysis) is 1. The van der Waals surface area contributed by atoms with Crippen molar-refractivity contribution in [2.45, 2.75) is 70.2 Å². The van der Waals surface area contributed by atoms with Crippen LogP contribution in [-0.4, -0.2) is 90.1 Å². The van der Waals surface area contributed by atoms with E-state index in [1.807, 2.05) is 36.6 Å². The number of likely N-dealkylation sites (tertiary alicyclic amines) is 1. The van der Waals surface area contributed by atoms with Crippen LogP contribution in [0.4, 0.5) is 4.79 Å². The van der Waals surface area contributed by atoms with E-state index >= 15 is 0 Å². The Hall–Kier alpha value is -2.07. The molecule has 0 spiro atoms. The Morgan fingerprint density at radius 2 is 1.89 bits per heavy atom. The summed E-state index contributed by atoms with van der Waals surface area (Å²) in [5.41, 5.74) is 0.148. The normalized spacial score (nSPS) is 17.5. The van der Waals surface area contributed by atoms with E-state index in [2.05, 4.69) is 9.65 Å². The summed E-state index contributed by atoms with van der Waals surface area (Å²) >= 11 is 0.755. The second kappa shape index (κ2) is 13.9. The molecule has 0 aliphatic carbocycles. The second-order valence-electron chi connectivity index (χ2n) is 9.29. The zero-order chi connectivity index (χ0) is 26.0. The number of hydrogen-bond acceptors (Lipinski definition) is 7. The molecule has 11 heteroatoms. The van der Waals surface area contributed by atoms with Crippen LogP contribution in [0.1, 0.15) is 45.6 Å². The van der Waals surface area contributed by atoms with Gasteiger partial charge in [-0.2, -0.15) is 0 Å². The Bertz CT molecular complexity index is 880. The summed E-state index contributed by atoms with van der Waals surface area (Å²) in [7, 11) is 0. The number of rotatable bonds is 12. The molecule has 2 amide bonds. The first-order valence-corrected chi connectivity index (χ1v) is 14.6. The van der Waals surface area contributed by atoms with Gasteiger partial charge < -0.3 is 0 Å². The zero-order valence-electron chi connectivity index (χ0n) is 20.6. The molecule has 194 valence electrons. The number of benzene rings is 1. The van der Waals surface area contributed by atoms with Crippen molar-refractivity contribution < 1.29 is 29.0 Å². The molecule has 3 N–H and O–H groups in total. The Balaban J connectivity index is 2.12. The van der Waals surface area contributed by atoms with Crippen LogP contribution < -0.4 is 9.65 Å². The van der Waals surface area contributed by atoms with Crippen LogP contribution >= 0.6 is 11.8 Å². The van der Waals surface area contributed by atoms with Gasteiger partial charge in [0.2, 0.25) is 0 Å². The predicted molar refractivity (Wildman–Crippen MR) is 136 cm³/mol. The molecule has 1 aliphatic rings. The maximum absolute atomic E-state index is 13.5. The third kappa shape index (κ3) is 9.83. The average Bonchev–Trinajstić information content (AvgIpc) is 3.27. The molecule has 0 radical (unpaired) electrons. The average molecular weight is 573 g/mol. The molecular formula is C24H35N3O6SSe. The van der Waals surface area contributed by atoms with Gasteiger partial charge in [0.1, 0.15) is 0 Å². The standard InChI is InChI=1S/C24H35N3O6SSe/c1-24(2,3)33-23(32)25-18(15-16-9-6-5-7-10-16)20(28)27-13-8-11-19(27)22(31)35-26-17(21(29)30)12-14-34-4/h5-7,9-10,17-19,26H,8,11-15H2,1-4H3,(H,25,32)(H,29,30)/t17-,18-,19-/m0/s1. The molecule has 1 heterocycles. The van der Waals surface area contributed by atoms with Gasteiger partial charge in [0.05, 0.1) is 0 Å². The molecule has 0 saturated carbocycles. The molecule has 1 fully saturated rings. The van der Waals surface area contributed by atoms with Gasteiger partial charge in [-0.15, -0.1) is 0 Å². The van der Waals surface area contributed by atoms with Crippen molar-refractivity contribution >= 4 is 49.6 Å². The fourth-order valence-electron chi connectivity index (χ4n) is 3.64. The monoisotopic (exact) mass is 573 g/mol. The van der Waals surface area contributed by atoms with E-state index in [0.29, 0.717) is 31.6 Å². The first-order chi connectivity index (χ1) is 16.5. The third-order valence-electron chi connectivity index (χ3n) is 5.29. The number of thioether (sulfide) groups is 1. The van der Waals surface area contributed by atoms with Gasteiger partial charge in [-0.25, -0.2) is 0 Å². The van der Waals surface area contributed by atoms with Gasteiger partial charge >= 0.3 is 218 Å². The quantitative estimate of drug-likeness (QED) is 0.325. The zero-order valence-corrected chi connectivity index (χ0v) is 23.1. The molecule has 1 aromatic rings. The summed E-state index contributed by atoms with van der Waals surface area (Å²) in [6.07, 6.45) is 3.05. The van der Waals surface area contributed by atoms with E-state index in [1.165, 1.54) is 4.90 Å². The number of nitrogens with one attached hydrogen (secondary N) is 2. The summed E-state index contributed by atoms with van der Waals surface area (Å²) in [4.78, 5) is 52.1. The Labute approximate surface area is 217 Å². The fourth-order valence-corrected chi connectivity index (χ4v) is 5.91. The van der Waals surface area contributed by atoms with Gasteiger partial charge in [0.25, 0.3) is 0 Å². The van der Waals surface area contributed by atoms with Gasteiger partial charge in [-0.3, -0.25) is 0 Å². The summed E-state index contributed by atoms with van der Waals surface area (Å²) in [5, 5.41) is 12.1. The summed E-state index contributed by atoms with van der Waals surface area (Å²) in [6, 6.07) is 7.01. The minimum absolute atomic E-state index is 0.172. The summed E-state index contributed by atoms with van der Waals surface area (Å²) in [5.74, 6) is -0.666. The number of nitrogens with zero attached hydrogens (tertiary/aromatic N) is 1. The minimum atomic E-state index is -0.988. The number of carbonyl (C=O) groups is 4. The van der Waals surface area contributed by atoms with Crippen LogP contribution in [0, 0.1) is 0 Å². The van der Waals surface area contributed by atoms with E-state index in [1.54, 1.807) is 32.5 Å². The number of amides is 2. The van der Waals surface area contributed by atoms with Crippen molar-refractivity contribution in [3.8, 4) is 0 Å².